The number of likely N-dealkylation sites (tertiary alicyclic amines) is 1. The molecule has 0 aliphatic carbocycles. The van der Waals surface area contributed by atoms with E-state index in [1.165, 1.54) is 0 Å². The van der Waals surface area contributed by atoms with Crippen molar-refractivity contribution >= 4 is 17.3 Å². The fourth-order valence-electron chi connectivity index (χ4n) is 2.48. The standard InChI is InChI=1S/C15H23N3O/c1-11-4-5-12(8-13(11)16)17-14(19)9-18-7-6-15(2,3)10-18/h4-5,8H,6-7,9-10,16H2,1-3H3,(H,17,19). The van der Waals surface area contributed by atoms with Crippen LogP contribution in [0.2, 0.25) is 0 Å². The molecule has 4 nitrogen and oxygen atoms in total. The van der Waals surface area contributed by atoms with Crippen molar-refractivity contribution in [2.45, 2.75) is 27.2 Å². The molecular weight excluding hydrogens is 238 g/mol. The van der Waals surface area contributed by atoms with E-state index in [4.69, 9.17) is 5.73 Å². The Balaban J connectivity index is 1.89. The fourth-order valence-corrected chi connectivity index (χ4v) is 2.48. The van der Waals surface area contributed by atoms with E-state index < -0.39 is 0 Å². The first-order valence-electron chi connectivity index (χ1n) is 6.74. The lowest BCUT2D eigenvalue weighted by Crippen LogP contribution is -2.32. The first-order valence-corrected chi connectivity index (χ1v) is 6.74. The average Bonchev–Trinajstić information content (AvgIpc) is 2.63. The highest BCUT2D eigenvalue weighted by atomic mass is 16.2. The summed E-state index contributed by atoms with van der Waals surface area (Å²) < 4.78 is 0. The number of anilines is 2. The van der Waals surface area contributed by atoms with Crippen LogP contribution in [0.15, 0.2) is 18.2 Å². The van der Waals surface area contributed by atoms with Gasteiger partial charge in [-0.1, -0.05) is 19.9 Å². The molecule has 0 saturated carbocycles. The molecule has 1 aromatic carbocycles. The van der Waals surface area contributed by atoms with Crippen molar-refractivity contribution in [2.75, 3.05) is 30.7 Å². The minimum absolute atomic E-state index is 0.0287. The molecule has 19 heavy (non-hydrogen) atoms. The average molecular weight is 261 g/mol. The van der Waals surface area contributed by atoms with Gasteiger partial charge in [-0.05, 0) is 43.0 Å². The van der Waals surface area contributed by atoms with Crippen molar-refractivity contribution < 1.29 is 4.79 Å². The van der Waals surface area contributed by atoms with Crippen LogP contribution < -0.4 is 11.1 Å². The lowest BCUT2D eigenvalue weighted by molar-refractivity contribution is -0.117. The van der Waals surface area contributed by atoms with E-state index in [0.717, 1.165) is 30.8 Å². The van der Waals surface area contributed by atoms with Crippen molar-refractivity contribution in [3.63, 3.8) is 0 Å². The molecule has 0 bridgehead atoms. The van der Waals surface area contributed by atoms with Gasteiger partial charge in [0.25, 0.3) is 0 Å². The summed E-state index contributed by atoms with van der Waals surface area (Å²) in [7, 11) is 0. The Kier molecular flexibility index (Phi) is 3.80. The van der Waals surface area contributed by atoms with Gasteiger partial charge in [-0.15, -0.1) is 0 Å². The Labute approximate surface area is 115 Å². The second-order valence-corrected chi connectivity index (χ2v) is 6.24. The van der Waals surface area contributed by atoms with Crippen LogP contribution in [0.5, 0.6) is 0 Å². The Morgan fingerprint density at radius 1 is 1.47 bits per heavy atom. The maximum Gasteiger partial charge on any atom is 0.238 e. The smallest absolute Gasteiger partial charge is 0.238 e. The van der Waals surface area contributed by atoms with Crippen molar-refractivity contribution in [1.82, 2.24) is 4.90 Å². The van der Waals surface area contributed by atoms with Gasteiger partial charge in [-0.3, -0.25) is 9.69 Å². The molecule has 104 valence electrons. The summed E-state index contributed by atoms with van der Waals surface area (Å²) in [5, 5.41) is 2.90. The number of nitrogens with one attached hydrogen (secondary N) is 1. The summed E-state index contributed by atoms with van der Waals surface area (Å²) in [6.07, 6.45) is 1.15. The number of hydrogen-bond donors (Lipinski definition) is 2. The van der Waals surface area contributed by atoms with Crippen LogP contribution >= 0.6 is 0 Å². The summed E-state index contributed by atoms with van der Waals surface area (Å²) >= 11 is 0. The van der Waals surface area contributed by atoms with Gasteiger partial charge in [0, 0.05) is 17.9 Å². The molecule has 0 radical (unpaired) electrons. The largest absolute Gasteiger partial charge is 0.398 e. The maximum absolute atomic E-state index is 12.0. The summed E-state index contributed by atoms with van der Waals surface area (Å²) in [5.74, 6) is 0.0287. The van der Waals surface area contributed by atoms with Gasteiger partial charge in [0.15, 0.2) is 0 Å². The molecule has 0 spiro atoms. The number of benzene rings is 1. The van der Waals surface area contributed by atoms with E-state index in [9.17, 15) is 4.79 Å². The molecule has 1 aliphatic rings. The predicted octanol–water partition coefficient (Wildman–Crippen LogP) is 2.25. The third-order valence-electron chi connectivity index (χ3n) is 3.69. The molecule has 3 N–H and O–H groups in total. The van der Waals surface area contributed by atoms with Gasteiger partial charge in [-0.2, -0.15) is 0 Å². The van der Waals surface area contributed by atoms with Crippen molar-refractivity contribution in [1.29, 1.82) is 0 Å². The minimum Gasteiger partial charge on any atom is -0.398 e. The molecule has 1 aliphatic heterocycles. The Bertz CT molecular complexity index is 482. The first-order chi connectivity index (χ1) is 8.85. The van der Waals surface area contributed by atoms with Crippen LogP contribution in [0.4, 0.5) is 11.4 Å². The highest BCUT2D eigenvalue weighted by molar-refractivity contribution is 5.92. The van der Waals surface area contributed by atoms with Crippen LogP contribution in [-0.4, -0.2) is 30.4 Å². The zero-order valence-electron chi connectivity index (χ0n) is 12.0. The van der Waals surface area contributed by atoms with Gasteiger partial charge in [0.05, 0.1) is 6.54 Å². The van der Waals surface area contributed by atoms with Gasteiger partial charge < -0.3 is 11.1 Å². The van der Waals surface area contributed by atoms with E-state index in [1.54, 1.807) is 6.07 Å². The van der Waals surface area contributed by atoms with E-state index in [0.29, 0.717) is 17.6 Å². The number of nitrogens with two attached hydrogens (primary N) is 1. The summed E-state index contributed by atoms with van der Waals surface area (Å²) in [6.45, 7) is 8.87. The van der Waals surface area contributed by atoms with Crippen LogP contribution in [0.1, 0.15) is 25.8 Å². The van der Waals surface area contributed by atoms with Crippen LogP contribution in [0.25, 0.3) is 0 Å². The van der Waals surface area contributed by atoms with Crippen LogP contribution in [0.3, 0.4) is 0 Å². The highest BCUT2D eigenvalue weighted by Crippen LogP contribution is 2.28. The monoisotopic (exact) mass is 261 g/mol. The van der Waals surface area contributed by atoms with Crippen LogP contribution in [-0.2, 0) is 4.79 Å². The second kappa shape index (κ2) is 5.21. The Morgan fingerprint density at radius 2 is 2.21 bits per heavy atom. The summed E-state index contributed by atoms with van der Waals surface area (Å²) in [5.41, 5.74) is 8.67. The maximum atomic E-state index is 12.0. The molecule has 1 saturated heterocycles. The van der Waals surface area contributed by atoms with E-state index >= 15 is 0 Å². The van der Waals surface area contributed by atoms with Gasteiger partial charge in [0.1, 0.15) is 0 Å². The lowest BCUT2D eigenvalue weighted by atomic mass is 9.93. The van der Waals surface area contributed by atoms with E-state index in [2.05, 4.69) is 24.1 Å². The van der Waals surface area contributed by atoms with Gasteiger partial charge >= 0.3 is 0 Å². The third-order valence-corrected chi connectivity index (χ3v) is 3.69. The lowest BCUT2D eigenvalue weighted by Gasteiger charge is -2.19. The molecule has 2 rings (SSSR count). The molecule has 0 unspecified atom stereocenters. The van der Waals surface area contributed by atoms with E-state index in [-0.39, 0.29) is 5.91 Å². The minimum atomic E-state index is 0.0287. The van der Waals surface area contributed by atoms with Gasteiger partial charge in [-0.25, -0.2) is 0 Å². The number of carbonyl (C=O) groups is 1. The zero-order chi connectivity index (χ0) is 14.0. The number of aryl methyl sites for hydroxylation is 1. The number of amides is 1. The summed E-state index contributed by atoms with van der Waals surface area (Å²) in [6, 6.07) is 5.61. The number of carbonyl (C=O) groups excluding carboxylic acids is 1. The quantitative estimate of drug-likeness (QED) is 0.820. The molecule has 1 heterocycles. The molecule has 4 heteroatoms. The summed E-state index contributed by atoms with van der Waals surface area (Å²) in [4.78, 5) is 14.2. The topological polar surface area (TPSA) is 58.4 Å². The number of rotatable bonds is 3. The van der Waals surface area contributed by atoms with Crippen molar-refractivity contribution in [3.05, 3.63) is 23.8 Å². The molecule has 0 atom stereocenters. The Hall–Kier alpha value is -1.55. The van der Waals surface area contributed by atoms with Crippen molar-refractivity contribution in [2.24, 2.45) is 5.41 Å². The first kappa shape index (κ1) is 13.9. The zero-order valence-corrected chi connectivity index (χ0v) is 12.0. The second-order valence-electron chi connectivity index (χ2n) is 6.24. The van der Waals surface area contributed by atoms with E-state index in [1.807, 2.05) is 19.1 Å². The predicted molar refractivity (Wildman–Crippen MR) is 79.1 cm³/mol. The molecule has 1 aromatic rings. The molecular formula is C15H23N3O. The third kappa shape index (κ3) is 3.70. The Morgan fingerprint density at radius 3 is 2.79 bits per heavy atom. The number of nitrogen functional groups attached to an aromatic ring is 1. The number of hydrogen-bond acceptors (Lipinski definition) is 3. The molecule has 0 aromatic heterocycles. The van der Waals surface area contributed by atoms with Gasteiger partial charge in [0.2, 0.25) is 5.91 Å². The van der Waals surface area contributed by atoms with Crippen LogP contribution in [0, 0.1) is 12.3 Å². The fraction of sp³-hybridized carbons (Fsp3) is 0.533. The highest BCUT2D eigenvalue weighted by Gasteiger charge is 2.29. The normalized spacial score (nSPS) is 18.5. The molecule has 1 fully saturated rings. The van der Waals surface area contributed by atoms with Crippen molar-refractivity contribution in [3.8, 4) is 0 Å². The molecule has 1 amide bonds. The SMILES string of the molecule is Cc1ccc(NC(=O)CN2CCC(C)(C)C2)cc1N. The number of nitrogens with zero attached hydrogens (tertiary/aromatic N) is 1.